The second-order valence-electron chi connectivity index (χ2n) is 9.97. The van der Waals surface area contributed by atoms with Crippen molar-refractivity contribution in [1.82, 2.24) is 30.4 Å². The molecule has 3 N–H and O–H groups in total. The van der Waals surface area contributed by atoms with Gasteiger partial charge in [-0.25, -0.2) is 9.97 Å². The van der Waals surface area contributed by atoms with Gasteiger partial charge in [0.2, 0.25) is 5.88 Å². The van der Waals surface area contributed by atoms with Gasteiger partial charge < -0.3 is 20.3 Å². The quantitative estimate of drug-likeness (QED) is 0.658. The van der Waals surface area contributed by atoms with Crippen LogP contribution in [0.5, 0.6) is 5.88 Å². The van der Waals surface area contributed by atoms with Gasteiger partial charge in [0, 0.05) is 36.0 Å². The van der Waals surface area contributed by atoms with Crippen molar-refractivity contribution in [2.24, 2.45) is 0 Å². The molecule has 32 heavy (non-hydrogen) atoms. The molecule has 2 aromatic rings. The fraction of sp³-hybridized carbons (Fsp3) is 0.458. The first-order valence-corrected chi connectivity index (χ1v) is 11.2. The summed E-state index contributed by atoms with van der Waals surface area (Å²) < 4.78 is 6.23. The molecule has 2 unspecified atom stereocenters. The van der Waals surface area contributed by atoms with Crippen molar-refractivity contribution in [3.63, 3.8) is 0 Å². The van der Waals surface area contributed by atoms with Crippen molar-refractivity contribution in [3.8, 4) is 5.88 Å². The molecule has 168 valence electrons. The molecular formula is C24H31N7O. The van der Waals surface area contributed by atoms with Gasteiger partial charge in [0.1, 0.15) is 17.9 Å². The molecule has 0 spiro atoms. The van der Waals surface area contributed by atoms with Crippen molar-refractivity contribution in [2.45, 2.75) is 64.6 Å². The average molecular weight is 434 g/mol. The van der Waals surface area contributed by atoms with Gasteiger partial charge in [-0.3, -0.25) is 5.10 Å². The number of hydrogen-bond acceptors (Lipinski definition) is 7. The summed E-state index contributed by atoms with van der Waals surface area (Å²) >= 11 is 0. The number of fused-ring (bicyclic) bond motifs is 2. The van der Waals surface area contributed by atoms with E-state index >= 15 is 0 Å². The van der Waals surface area contributed by atoms with Crippen LogP contribution in [0, 0.1) is 0 Å². The minimum atomic E-state index is -0.120. The van der Waals surface area contributed by atoms with Crippen molar-refractivity contribution in [3.05, 3.63) is 65.1 Å². The highest BCUT2D eigenvalue weighted by Crippen LogP contribution is 2.40. The van der Waals surface area contributed by atoms with E-state index in [0.717, 1.165) is 41.5 Å². The van der Waals surface area contributed by atoms with Gasteiger partial charge in [0.25, 0.3) is 0 Å². The second-order valence-corrected chi connectivity index (χ2v) is 9.97. The molecule has 5 rings (SSSR count). The van der Waals surface area contributed by atoms with E-state index in [1.54, 1.807) is 6.33 Å². The number of H-pyrrole nitrogens is 1. The van der Waals surface area contributed by atoms with Gasteiger partial charge in [-0.15, -0.1) is 0 Å². The zero-order valence-corrected chi connectivity index (χ0v) is 19.4. The Morgan fingerprint density at radius 2 is 2.16 bits per heavy atom. The summed E-state index contributed by atoms with van der Waals surface area (Å²) in [6, 6.07) is 2.28. The number of allylic oxidation sites excluding steroid dienone is 1. The van der Waals surface area contributed by atoms with E-state index < -0.39 is 0 Å². The van der Waals surface area contributed by atoms with Crippen LogP contribution in [0.2, 0.25) is 0 Å². The van der Waals surface area contributed by atoms with Crippen molar-refractivity contribution in [2.75, 3.05) is 12.0 Å². The van der Waals surface area contributed by atoms with Crippen LogP contribution in [0.15, 0.2) is 48.2 Å². The topological polar surface area (TPSA) is 91.0 Å². The average Bonchev–Trinajstić information content (AvgIpc) is 3.45. The Bertz CT molecular complexity index is 1120. The van der Waals surface area contributed by atoms with Gasteiger partial charge in [0.05, 0.1) is 23.5 Å². The zero-order chi connectivity index (χ0) is 22.5. The predicted octanol–water partition coefficient (Wildman–Crippen LogP) is 3.91. The summed E-state index contributed by atoms with van der Waals surface area (Å²) in [5, 5.41) is 14.4. The highest BCUT2D eigenvalue weighted by molar-refractivity contribution is 5.47. The summed E-state index contributed by atoms with van der Waals surface area (Å²) in [4.78, 5) is 11.1. The standard InChI is InChI=1S/C24H31N7O/c1-15-21-18(12-25-15)26-13-27-22(21)32-17-6-8-24(5)16(10-17)7-9-31(24)14-28-20-11-19(29-30-20)23(2,3)4/h6-7,9-11,13,15,25H,8,12,14H2,1-5H3,(H2,28,29,30). The second kappa shape index (κ2) is 7.48. The lowest BCUT2D eigenvalue weighted by atomic mass is 9.85. The Morgan fingerprint density at radius 1 is 1.31 bits per heavy atom. The number of hydrogen-bond donors (Lipinski definition) is 3. The molecule has 4 heterocycles. The van der Waals surface area contributed by atoms with E-state index in [0.29, 0.717) is 12.5 Å². The first kappa shape index (κ1) is 20.8. The zero-order valence-electron chi connectivity index (χ0n) is 19.4. The predicted molar refractivity (Wildman–Crippen MR) is 124 cm³/mol. The highest BCUT2D eigenvalue weighted by atomic mass is 16.5. The van der Waals surface area contributed by atoms with E-state index in [4.69, 9.17) is 4.74 Å². The van der Waals surface area contributed by atoms with Crippen LogP contribution in [0.3, 0.4) is 0 Å². The number of ether oxygens (including phenoxy) is 1. The minimum Gasteiger partial charge on any atom is -0.439 e. The molecule has 8 nitrogen and oxygen atoms in total. The molecule has 1 aliphatic carbocycles. The maximum absolute atomic E-state index is 6.23. The molecule has 3 aliphatic rings. The fourth-order valence-electron chi connectivity index (χ4n) is 4.43. The minimum absolute atomic E-state index is 0.0462. The number of nitrogens with one attached hydrogen (secondary N) is 3. The molecule has 0 aromatic carbocycles. The van der Waals surface area contributed by atoms with Crippen molar-refractivity contribution in [1.29, 1.82) is 0 Å². The molecule has 0 amide bonds. The summed E-state index contributed by atoms with van der Waals surface area (Å²) in [5.41, 5.74) is 4.35. The van der Waals surface area contributed by atoms with E-state index in [9.17, 15) is 0 Å². The molecule has 0 radical (unpaired) electrons. The first-order valence-electron chi connectivity index (χ1n) is 11.2. The molecule has 2 aliphatic heterocycles. The SMILES string of the molecule is CC1NCc2ncnc(OC3=CCC4(C)C(=C3)C=CN4CNc3cc(C(C)(C)C)[nH]n3)c21. The maximum atomic E-state index is 6.23. The van der Waals surface area contributed by atoms with Crippen molar-refractivity contribution < 1.29 is 4.74 Å². The first-order chi connectivity index (χ1) is 15.2. The van der Waals surface area contributed by atoms with Crippen LogP contribution in [-0.2, 0) is 12.0 Å². The summed E-state index contributed by atoms with van der Waals surface area (Å²) in [6.45, 7) is 12.3. The normalized spacial score (nSPS) is 24.2. The number of aromatic nitrogens is 4. The maximum Gasteiger partial charge on any atom is 0.227 e. The summed E-state index contributed by atoms with van der Waals surface area (Å²) in [5.74, 6) is 2.34. The number of aromatic amines is 1. The Labute approximate surface area is 188 Å². The molecule has 0 bridgehead atoms. The lowest BCUT2D eigenvalue weighted by Crippen LogP contribution is -2.44. The third-order valence-electron chi connectivity index (χ3n) is 6.66. The van der Waals surface area contributed by atoms with Crippen molar-refractivity contribution >= 4 is 5.82 Å². The monoisotopic (exact) mass is 433 g/mol. The van der Waals surface area contributed by atoms with Gasteiger partial charge in [-0.1, -0.05) is 20.8 Å². The smallest absolute Gasteiger partial charge is 0.227 e. The highest BCUT2D eigenvalue weighted by Gasteiger charge is 2.38. The molecule has 2 aromatic heterocycles. The number of rotatable bonds is 5. The van der Waals surface area contributed by atoms with Gasteiger partial charge in [-0.2, -0.15) is 5.10 Å². The number of nitrogens with zero attached hydrogens (tertiary/aromatic N) is 4. The van der Waals surface area contributed by atoms with E-state index in [1.807, 2.05) is 0 Å². The van der Waals surface area contributed by atoms with E-state index in [2.05, 4.69) is 101 Å². The van der Waals surface area contributed by atoms with Gasteiger partial charge >= 0.3 is 0 Å². The molecular weight excluding hydrogens is 402 g/mol. The third kappa shape index (κ3) is 3.58. The van der Waals surface area contributed by atoms with Crippen LogP contribution >= 0.6 is 0 Å². The van der Waals surface area contributed by atoms with Crippen LogP contribution < -0.4 is 15.4 Å². The Kier molecular flexibility index (Phi) is 4.85. The fourth-order valence-corrected chi connectivity index (χ4v) is 4.43. The van der Waals surface area contributed by atoms with Gasteiger partial charge in [0.15, 0.2) is 0 Å². The van der Waals surface area contributed by atoms with Crippen LogP contribution in [0.25, 0.3) is 0 Å². The van der Waals surface area contributed by atoms with Crippen LogP contribution in [0.4, 0.5) is 5.82 Å². The molecule has 0 saturated carbocycles. The summed E-state index contributed by atoms with van der Waals surface area (Å²) in [6.07, 6.45) is 11.0. The lowest BCUT2D eigenvalue weighted by Gasteiger charge is -2.38. The van der Waals surface area contributed by atoms with E-state index in [1.165, 1.54) is 5.57 Å². The molecule has 0 saturated heterocycles. The van der Waals surface area contributed by atoms with Crippen LogP contribution in [0.1, 0.15) is 64.0 Å². The Morgan fingerprint density at radius 3 is 2.94 bits per heavy atom. The van der Waals surface area contributed by atoms with E-state index in [-0.39, 0.29) is 17.0 Å². The Balaban J connectivity index is 1.27. The van der Waals surface area contributed by atoms with Crippen LogP contribution in [-0.4, -0.2) is 37.3 Å². The summed E-state index contributed by atoms with van der Waals surface area (Å²) in [7, 11) is 0. The molecule has 2 atom stereocenters. The lowest BCUT2D eigenvalue weighted by molar-refractivity contribution is 0.232. The molecule has 0 fully saturated rings. The Hall–Kier alpha value is -3.13. The number of anilines is 1. The largest absolute Gasteiger partial charge is 0.439 e. The van der Waals surface area contributed by atoms with Gasteiger partial charge in [-0.05, 0) is 44.1 Å². The third-order valence-corrected chi connectivity index (χ3v) is 6.66. The molecule has 8 heteroatoms.